The van der Waals surface area contributed by atoms with E-state index in [0.29, 0.717) is 44.6 Å². The number of amides is 2. The highest BCUT2D eigenvalue weighted by Crippen LogP contribution is 2.44. The van der Waals surface area contributed by atoms with Crippen LogP contribution in [0.1, 0.15) is 177 Å². The average molecular weight is 877 g/mol. The molecule has 4 aliphatic rings. The molecule has 356 valence electrons. The first kappa shape index (κ1) is 57.3. The predicted octanol–water partition coefficient (Wildman–Crippen LogP) is 10.3. The minimum absolute atomic E-state index is 0. The normalized spacial score (nSPS) is 27.4. The molecule has 15 heteroatoms. The van der Waals surface area contributed by atoms with Crippen LogP contribution in [-0.4, -0.2) is 112 Å². The van der Waals surface area contributed by atoms with E-state index in [2.05, 4.69) is 34.3 Å². The fourth-order valence-corrected chi connectivity index (χ4v) is 8.72. The van der Waals surface area contributed by atoms with E-state index in [0.717, 1.165) is 38.3 Å². The van der Waals surface area contributed by atoms with Crippen LogP contribution in [0.3, 0.4) is 0 Å². The smallest absolute Gasteiger partial charge is 0.444 e. The number of likely N-dealkylation sites (tertiary alicyclic amines) is 2. The number of nitrogens with zero attached hydrogens (tertiary/aromatic N) is 2. The van der Waals surface area contributed by atoms with Crippen molar-refractivity contribution in [3.63, 3.8) is 0 Å². The second-order valence-corrected chi connectivity index (χ2v) is 21.5. The molecule has 4 atom stereocenters. The molecule has 62 heavy (non-hydrogen) atoms. The van der Waals surface area contributed by atoms with Crippen LogP contribution in [-0.2, 0) is 42.5 Å². The Morgan fingerprint density at radius 1 is 0.629 bits per heavy atom. The maximum absolute atomic E-state index is 12.9. The molecular formula is C47H86B2N2O11. The van der Waals surface area contributed by atoms with Crippen LogP contribution in [0, 0.1) is 11.8 Å². The first-order chi connectivity index (χ1) is 27.3. The summed E-state index contributed by atoms with van der Waals surface area (Å²) in [4.78, 5) is 65.8. The van der Waals surface area contributed by atoms with Gasteiger partial charge in [-0.25, -0.2) is 9.59 Å². The van der Waals surface area contributed by atoms with E-state index in [9.17, 15) is 24.0 Å². The molecule has 0 aromatic heterocycles. The van der Waals surface area contributed by atoms with Crippen LogP contribution < -0.4 is 0 Å². The average Bonchev–Trinajstić information content (AvgIpc) is 3.43. The Morgan fingerprint density at radius 3 is 1.19 bits per heavy atom. The van der Waals surface area contributed by atoms with Crippen molar-refractivity contribution in [2.75, 3.05) is 13.1 Å². The van der Waals surface area contributed by atoms with Crippen molar-refractivity contribution in [1.82, 2.24) is 9.80 Å². The SMILES string of the molecule is C.C.C=CCC1(C(C)=O)CC(CCB2OC(C)(C)C(C)(C)O2)CCN1C(=O)OC(C)(C)C.CC(=O)C1(CC=O)CC(CCB2OC(C)(C)C(C)(C)O2)CCN1C(=O)OC(C)(C)C. The fraction of sp³-hybridized carbons (Fsp3) is 0.851. The van der Waals surface area contributed by atoms with E-state index < -0.39 is 34.5 Å². The van der Waals surface area contributed by atoms with Gasteiger partial charge in [0, 0.05) is 19.5 Å². The molecule has 4 saturated heterocycles. The van der Waals surface area contributed by atoms with Crippen molar-refractivity contribution in [2.24, 2.45) is 11.8 Å². The van der Waals surface area contributed by atoms with Gasteiger partial charge >= 0.3 is 26.4 Å². The van der Waals surface area contributed by atoms with Crippen molar-refractivity contribution in [3.8, 4) is 0 Å². The van der Waals surface area contributed by atoms with Crippen molar-refractivity contribution in [3.05, 3.63) is 12.7 Å². The molecule has 0 radical (unpaired) electrons. The summed E-state index contributed by atoms with van der Waals surface area (Å²) in [7, 11) is -0.540. The Bertz CT molecular complexity index is 1420. The molecule has 0 aliphatic carbocycles. The molecule has 4 rings (SSSR count). The van der Waals surface area contributed by atoms with E-state index in [4.69, 9.17) is 28.1 Å². The minimum Gasteiger partial charge on any atom is -0.444 e. The summed E-state index contributed by atoms with van der Waals surface area (Å²) in [6.45, 7) is 34.9. The van der Waals surface area contributed by atoms with Gasteiger partial charge in [0.15, 0.2) is 11.6 Å². The number of carbonyl (C=O) groups is 5. The summed E-state index contributed by atoms with van der Waals surface area (Å²) in [6, 6.07) is 0. The minimum atomic E-state index is -1.15. The van der Waals surface area contributed by atoms with E-state index in [1.807, 2.05) is 48.5 Å². The van der Waals surface area contributed by atoms with Gasteiger partial charge in [-0.3, -0.25) is 19.4 Å². The third-order valence-electron chi connectivity index (χ3n) is 13.5. The maximum Gasteiger partial charge on any atom is 0.457 e. The molecule has 0 bridgehead atoms. The zero-order chi connectivity index (χ0) is 45.9. The van der Waals surface area contributed by atoms with E-state index in [-0.39, 0.29) is 75.4 Å². The largest absolute Gasteiger partial charge is 0.457 e. The zero-order valence-corrected chi connectivity index (χ0v) is 40.0. The molecule has 0 aromatic carbocycles. The van der Waals surface area contributed by atoms with E-state index in [1.54, 1.807) is 38.7 Å². The summed E-state index contributed by atoms with van der Waals surface area (Å²) in [6.07, 6.45) is 7.68. The van der Waals surface area contributed by atoms with Gasteiger partial charge in [-0.05, 0) is 167 Å². The number of hydrogen-bond acceptors (Lipinski definition) is 11. The Morgan fingerprint density at radius 2 is 0.935 bits per heavy atom. The quantitative estimate of drug-likeness (QED) is 0.105. The molecule has 4 aliphatic heterocycles. The van der Waals surface area contributed by atoms with Crippen molar-refractivity contribution in [2.45, 2.75) is 234 Å². The molecule has 0 N–H and O–H groups in total. The first-order valence-electron chi connectivity index (χ1n) is 22.1. The molecule has 0 aromatic rings. The lowest BCUT2D eigenvalue weighted by Crippen LogP contribution is -2.61. The van der Waals surface area contributed by atoms with Crippen LogP contribution in [0.15, 0.2) is 12.7 Å². The van der Waals surface area contributed by atoms with E-state index in [1.165, 1.54) is 11.8 Å². The van der Waals surface area contributed by atoms with Gasteiger partial charge in [-0.2, -0.15) is 0 Å². The molecule has 4 heterocycles. The Labute approximate surface area is 377 Å². The number of piperidine rings is 2. The maximum atomic E-state index is 12.9. The lowest BCUT2D eigenvalue weighted by atomic mass is 9.71. The van der Waals surface area contributed by atoms with Crippen LogP contribution in [0.2, 0.25) is 12.6 Å². The molecule has 0 spiro atoms. The zero-order valence-electron chi connectivity index (χ0n) is 40.0. The molecule has 4 unspecified atom stereocenters. The van der Waals surface area contributed by atoms with Crippen LogP contribution >= 0.6 is 0 Å². The second-order valence-electron chi connectivity index (χ2n) is 21.5. The Kier molecular flexibility index (Phi) is 19.4. The van der Waals surface area contributed by atoms with Gasteiger partial charge in [0.25, 0.3) is 0 Å². The molecule has 2 amide bonds. The van der Waals surface area contributed by atoms with Gasteiger partial charge in [0.1, 0.15) is 28.6 Å². The fourth-order valence-electron chi connectivity index (χ4n) is 8.72. The highest BCUT2D eigenvalue weighted by Gasteiger charge is 2.54. The lowest BCUT2D eigenvalue weighted by Gasteiger charge is -2.48. The third kappa shape index (κ3) is 13.6. The van der Waals surface area contributed by atoms with Gasteiger partial charge in [-0.15, -0.1) is 6.58 Å². The van der Waals surface area contributed by atoms with Crippen LogP contribution in [0.25, 0.3) is 0 Å². The molecular weight excluding hydrogens is 790 g/mol. The number of Topliss-reactive ketones (excluding diaryl/α,β-unsaturated/α-hetero) is 2. The monoisotopic (exact) mass is 877 g/mol. The van der Waals surface area contributed by atoms with Crippen LogP contribution in [0.5, 0.6) is 0 Å². The summed E-state index contributed by atoms with van der Waals surface area (Å²) < 4.78 is 35.6. The standard InChI is InChI=1S/C23H40BNO5.C22H38BNO6.2CH4/c1-10-13-23(17(2)26)16-18(12-15-25(23)19(27)28-20(3,4)5)11-14-24-29-21(6,7)22(8,9)30-24;1-16(26)22(11-14-25)15-17(10-13-24(22)18(27)28-19(2,3)4)9-12-23-29-20(5,6)21(7,8)30-23;;/h10,18H,1,11-16H2,2-9H3;14,17H,9-13,15H2,1-8H3;2*1H4. The van der Waals surface area contributed by atoms with Crippen molar-refractivity contribution < 1.29 is 52.1 Å². The number of rotatable bonds is 12. The number of ether oxygens (including phenoxy) is 2. The van der Waals surface area contributed by atoms with Crippen LogP contribution in [0.4, 0.5) is 9.59 Å². The van der Waals surface area contributed by atoms with Crippen molar-refractivity contribution >= 4 is 44.3 Å². The second kappa shape index (κ2) is 21.0. The lowest BCUT2D eigenvalue weighted by molar-refractivity contribution is -0.136. The number of hydrogen-bond donors (Lipinski definition) is 0. The summed E-state index contributed by atoms with van der Waals surface area (Å²) in [5, 5.41) is 0. The topological polar surface area (TPSA) is 147 Å². The van der Waals surface area contributed by atoms with E-state index >= 15 is 0 Å². The Balaban J connectivity index is 0.000000601. The third-order valence-corrected chi connectivity index (χ3v) is 13.5. The van der Waals surface area contributed by atoms with Gasteiger partial charge in [0.2, 0.25) is 0 Å². The molecule has 13 nitrogen and oxygen atoms in total. The number of aldehydes is 1. The Hall–Kier alpha value is -2.74. The van der Waals surface area contributed by atoms with Gasteiger partial charge < -0.3 is 32.9 Å². The van der Waals surface area contributed by atoms with Gasteiger partial charge in [0.05, 0.1) is 22.4 Å². The summed E-state index contributed by atoms with van der Waals surface area (Å²) in [5.74, 6) is 0.285. The molecule has 4 fully saturated rings. The highest BCUT2D eigenvalue weighted by molar-refractivity contribution is 6.45. The van der Waals surface area contributed by atoms with Gasteiger partial charge in [-0.1, -0.05) is 33.8 Å². The highest BCUT2D eigenvalue weighted by atomic mass is 16.7. The summed E-state index contributed by atoms with van der Waals surface area (Å²) in [5.41, 5.74) is -4.77. The number of ketones is 2. The number of carbonyl (C=O) groups excluding carboxylic acids is 5. The summed E-state index contributed by atoms with van der Waals surface area (Å²) >= 11 is 0. The first-order valence-corrected chi connectivity index (χ1v) is 22.1. The molecule has 0 saturated carbocycles. The van der Waals surface area contributed by atoms with Crippen molar-refractivity contribution in [1.29, 1.82) is 0 Å². The predicted molar refractivity (Wildman–Crippen MR) is 248 cm³/mol.